The summed E-state index contributed by atoms with van der Waals surface area (Å²) in [5.41, 5.74) is 2.03. The molecule has 7 nitrogen and oxygen atoms in total. The quantitative estimate of drug-likeness (QED) is 0.678. The highest BCUT2D eigenvalue weighted by Gasteiger charge is 2.24. The number of benzene rings is 1. The Kier molecular flexibility index (Phi) is 4.96. The average Bonchev–Trinajstić information content (AvgIpc) is 3.08. The van der Waals surface area contributed by atoms with Crippen LogP contribution in [-0.2, 0) is 0 Å². The van der Waals surface area contributed by atoms with Crippen molar-refractivity contribution < 1.29 is 13.6 Å². The second-order valence-electron chi connectivity index (χ2n) is 6.98. The standard InChI is InChI=1S/C20H20F2N6O/c1-13-9-14(2)28(25-13)19-11-18(23-12-24-19)26-5-7-27(8-6-26)20(29)15-3-4-16(21)17(22)10-15/h3-4,9-12H,5-8H2,1-2H3. The number of aryl methyl sites for hydroxylation is 2. The normalized spacial score (nSPS) is 14.3. The molecule has 1 aliphatic heterocycles. The Morgan fingerprint density at radius 3 is 2.31 bits per heavy atom. The summed E-state index contributed by atoms with van der Waals surface area (Å²) in [7, 11) is 0. The first-order valence-corrected chi connectivity index (χ1v) is 9.27. The maximum Gasteiger partial charge on any atom is 0.254 e. The van der Waals surface area contributed by atoms with E-state index in [1.165, 1.54) is 12.4 Å². The van der Waals surface area contributed by atoms with Crippen LogP contribution < -0.4 is 4.90 Å². The third kappa shape index (κ3) is 3.80. The molecule has 0 N–H and O–H groups in total. The Bertz CT molecular complexity index is 1060. The highest BCUT2D eigenvalue weighted by atomic mass is 19.2. The topological polar surface area (TPSA) is 67.2 Å². The number of nitrogens with zero attached hydrogens (tertiary/aromatic N) is 6. The molecule has 1 aromatic carbocycles. The smallest absolute Gasteiger partial charge is 0.254 e. The fourth-order valence-corrected chi connectivity index (χ4v) is 3.44. The zero-order valence-electron chi connectivity index (χ0n) is 16.1. The van der Waals surface area contributed by atoms with E-state index in [2.05, 4.69) is 20.0 Å². The van der Waals surface area contributed by atoms with Crippen LogP contribution in [0.5, 0.6) is 0 Å². The van der Waals surface area contributed by atoms with Gasteiger partial charge in [0.2, 0.25) is 0 Å². The lowest BCUT2D eigenvalue weighted by atomic mass is 10.1. The molecule has 3 heterocycles. The van der Waals surface area contributed by atoms with Gasteiger partial charge in [0.15, 0.2) is 17.5 Å². The Balaban J connectivity index is 1.46. The molecule has 9 heteroatoms. The van der Waals surface area contributed by atoms with Gasteiger partial charge in [-0.3, -0.25) is 4.79 Å². The van der Waals surface area contributed by atoms with Gasteiger partial charge in [0.1, 0.15) is 12.1 Å². The monoisotopic (exact) mass is 398 g/mol. The molecule has 0 unspecified atom stereocenters. The predicted octanol–water partition coefficient (Wildman–Crippen LogP) is 2.52. The minimum atomic E-state index is -1.02. The van der Waals surface area contributed by atoms with Crippen molar-refractivity contribution >= 4 is 11.7 Å². The van der Waals surface area contributed by atoms with Crippen molar-refractivity contribution in [3.8, 4) is 5.82 Å². The van der Waals surface area contributed by atoms with E-state index >= 15 is 0 Å². The molecule has 0 aliphatic carbocycles. The third-order valence-corrected chi connectivity index (χ3v) is 4.92. The number of carbonyl (C=O) groups excluding carboxylic acids is 1. The van der Waals surface area contributed by atoms with E-state index in [-0.39, 0.29) is 11.5 Å². The lowest BCUT2D eigenvalue weighted by Gasteiger charge is -2.35. The van der Waals surface area contributed by atoms with E-state index in [9.17, 15) is 13.6 Å². The molecule has 1 aliphatic rings. The average molecular weight is 398 g/mol. The maximum atomic E-state index is 13.4. The lowest BCUT2D eigenvalue weighted by molar-refractivity contribution is 0.0746. The molecule has 0 bridgehead atoms. The zero-order valence-corrected chi connectivity index (χ0v) is 16.1. The van der Waals surface area contributed by atoms with E-state index < -0.39 is 11.6 Å². The highest BCUT2D eigenvalue weighted by molar-refractivity contribution is 5.94. The molecule has 1 saturated heterocycles. The summed E-state index contributed by atoms with van der Waals surface area (Å²) >= 11 is 0. The first-order valence-electron chi connectivity index (χ1n) is 9.27. The van der Waals surface area contributed by atoms with Crippen LogP contribution in [0.25, 0.3) is 5.82 Å². The number of hydrogen-bond acceptors (Lipinski definition) is 5. The van der Waals surface area contributed by atoms with Crippen molar-refractivity contribution in [2.24, 2.45) is 0 Å². The zero-order chi connectivity index (χ0) is 20.5. The van der Waals surface area contributed by atoms with Crippen molar-refractivity contribution in [1.29, 1.82) is 0 Å². The molecule has 2 aromatic heterocycles. The van der Waals surface area contributed by atoms with Crippen molar-refractivity contribution in [1.82, 2.24) is 24.6 Å². The number of halogens is 2. The molecule has 4 rings (SSSR count). The van der Waals surface area contributed by atoms with Gasteiger partial charge in [-0.2, -0.15) is 5.10 Å². The third-order valence-electron chi connectivity index (χ3n) is 4.92. The van der Waals surface area contributed by atoms with Gasteiger partial charge in [-0.25, -0.2) is 23.4 Å². The van der Waals surface area contributed by atoms with Crippen LogP contribution in [-0.4, -0.2) is 56.7 Å². The molecule has 0 saturated carbocycles. The van der Waals surface area contributed by atoms with E-state index in [0.717, 1.165) is 29.3 Å². The number of aromatic nitrogens is 4. The summed E-state index contributed by atoms with van der Waals surface area (Å²) in [6.45, 7) is 5.94. The Morgan fingerprint density at radius 1 is 0.931 bits per heavy atom. The molecule has 1 fully saturated rings. The van der Waals surface area contributed by atoms with Crippen LogP contribution in [0, 0.1) is 25.5 Å². The van der Waals surface area contributed by atoms with Crippen molar-refractivity contribution in [2.75, 3.05) is 31.1 Å². The van der Waals surface area contributed by atoms with E-state index in [1.807, 2.05) is 26.0 Å². The van der Waals surface area contributed by atoms with Gasteiger partial charge in [0.05, 0.1) is 5.69 Å². The van der Waals surface area contributed by atoms with Crippen LogP contribution in [0.2, 0.25) is 0 Å². The molecule has 150 valence electrons. The van der Waals surface area contributed by atoms with Crippen molar-refractivity contribution in [3.63, 3.8) is 0 Å². The van der Waals surface area contributed by atoms with Gasteiger partial charge in [-0.15, -0.1) is 0 Å². The Labute approximate surface area is 166 Å². The summed E-state index contributed by atoms with van der Waals surface area (Å²) in [4.78, 5) is 24.9. The van der Waals surface area contributed by atoms with Crippen molar-refractivity contribution in [2.45, 2.75) is 13.8 Å². The van der Waals surface area contributed by atoms with Gasteiger partial charge >= 0.3 is 0 Å². The number of piperazine rings is 1. The number of rotatable bonds is 3. The Morgan fingerprint density at radius 2 is 1.66 bits per heavy atom. The summed E-state index contributed by atoms with van der Waals surface area (Å²) in [6.07, 6.45) is 1.50. The molecular weight excluding hydrogens is 378 g/mol. The van der Waals surface area contributed by atoms with E-state index in [4.69, 9.17) is 0 Å². The molecule has 29 heavy (non-hydrogen) atoms. The first kappa shape index (κ1) is 19.0. The molecule has 1 amide bonds. The van der Waals surface area contributed by atoms with Crippen LogP contribution in [0.1, 0.15) is 21.7 Å². The predicted molar refractivity (Wildman–Crippen MR) is 103 cm³/mol. The number of hydrogen-bond donors (Lipinski definition) is 0. The minimum Gasteiger partial charge on any atom is -0.353 e. The minimum absolute atomic E-state index is 0.145. The number of amides is 1. The fourth-order valence-electron chi connectivity index (χ4n) is 3.44. The summed E-state index contributed by atoms with van der Waals surface area (Å²) < 4.78 is 28.3. The first-order chi connectivity index (χ1) is 13.9. The molecule has 0 radical (unpaired) electrons. The lowest BCUT2D eigenvalue weighted by Crippen LogP contribution is -2.49. The summed E-state index contributed by atoms with van der Waals surface area (Å²) in [5, 5.41) is 4.45. The van der Waals surface area contributed by atoms with Crippen LogP contribution in [0.3, 0.4) is 0 Å². The van der Waals surface area contributed by atoms with Crippen LogP contribution in [0.4, 0.5) is 14.6 Å². The summed E-state index contributed by atoms with van der Waals surface area (Å²) in [6, 6.07) is 7.06. The van der Waals surface area contributed by atoms with Crippen molar-refractivity contribution in [3.05, 3.63) is 65.2 Å². The van der Waals surface area contributed by atoms with E-state index in [0.29, 0.717) is 32.0 Å². The molecule has 0 atom stereocenters. The molecule has 0 spiro atoms. The SMILES string of the molecule is Cc1cc(C)n(-c2cc(N3CCN(C(=O)c4ccc(F)c(F)c4)CC3)ncn2)n1. The van der Waals surface area contributed by atoms with Gasteiger partial charge < -0.3 is 9.80 Å². The summed E-state index contributed by atoms with van der Waals surface area (Å²) in [5.74, 6) is -0.862. The van der Waals surface area contributed by atoms with E-state index in [1.54, 1.807) is 9.58 Å². The maximum absolute atomic E-state index is 13.4. The largest absolute Gasteiger partial charge is 0.353 e. The fraction of sp³-hybridized carbons (Fsp3) is 0.300. The second-order valence-corrected chi connectivity index (χ2v) is 6.98. The van der Waals surface area contributed by atoms with Gasteiger partial charge in [0.25, 0.3) is 5.91 Å². The second kappa shape index (κ2) is 7.57. The van der Waals surface area contributed by atoms with Gasteiger partial charge in [0, 0.05) is 43.5 Å². The number of anilines is 1. The van der Waals surface area contributed by atoms with Crippen LogP contribution in [0.15, 0.2) is 36.7 Å². The van der Waals surface area contributed by atoms with Gasteiger partial charge in [-0.05, 0) is 38.1 Å². The Hall–Kier alpha value is -3.36. The van der Waals surface area contributed by atoms with Gasteiger partial charge in [-0.1, -0.05) is 0 Å². The molecule has 3 aromatic rings. The molecular formula is C20H20F2N6O. The number of carbonyl (C=O) groups is 1. The van der Waals surface area contributed by atoms with Crippen LogP contribution >= 0.6 is 0 Å². The highest BCUT2D eigenvalue weighted by Crippen LogP contribution is 2.19.